The summed E-state index contributed by atoms with van der Waals surface area (Å²) in [5.74, 6) is -0.426. The lowest BCUT2D eigenvalue weighted by atomic mass is 10.5. The van der Waals surface area contributed by atoms with Gasteiger partial charge in [0.05, 0.1) is 0 Å². The van der Waals surface area contributed by atoms with Crippen LogP contribution in [0.25, 0.3) is 0 Å². The zero-order chi connectivity index (χ0) is 4.28. The van der Waals surface area contributed by atoms with Crippen LogP contribution in [0.1, 0.15) is 6.92 Å². The number of ketones is 1. The molecule has 0 aliphatic rings. The molecule has 0 saturated heterocycles. The van der Waals surface area contributed by atoms with Gasteiger partial charge in [-0.05, 0) is 0 Å². The minimum Gasteiger partial charge on any atom is -0.295 e. The van der Waals surface area contributed by atoms with Crippen molar-refractivity contribution in [2.45, 2.75) is 6.92 Å². The average molecular weight is 234 g/mol. The van der Waals surface area contributed by atoms with E-state index < -0.39 is 5.78 Å². The van der Waals surface area contributed by atoms with Crippen molar-refractivity contribution in [1.82, 2.24) is 0 Å². The topological polar surface area (TPSA) is 34.1 Å². The summed E-state index contributed by atoms with van der Waals surface area (Å²) in [7, 11) is 0. The van der Waals surface area contributed by atoms with Crippen molar-refractivity contribution in [2.75, 3.05) is 0 Å². The second-order valence-electron chi connectivity index (χ2n) is 0.729. The van der Waals surface area contributed by atoms with Crippen LogP contribution in [0.5, 0.6) is 0 Å². The first-order valence-corrected chi connectivity index (χ1v) is 1.23. The third-order valence-electron chi connectivity index (χ3n) is 0.166. The second kappa shape index (κ2) is 9.57. The standard InChI is InChI=1S/C3H4O2.2BrH/c1-3(5)2-4;;/h2H,1H3;2*1H. The molecular formula is C3H6Br2O2. The molecule has 0 amide bonds. The Hall–Kier alpha value is 0.300. The Labute approximate surface area is 62.8 Å². The summed E-state index contributed by atoms with van der Waals surface area (Å²) in [6.07, 6.45) is 0.278. The van der Waals surface area contributed by atoms with E-state index in [2.05, 4.69) is 0 Å². The summed E-state index contributed by atoms with van der Waals surface area (Å²) >= 11 is 0. The van der Waals surface area contributed by atoms with Crippen LogP contribution in [-0.4, -0.2) is 12.1 Å². The van der Waals surface area contributed by atoms with Crippen molar-refractivity contribution in [2.24, 2.45) is 0 Å². The van der Waals surface area contributed by atoms with E-state index in [-0.39, 0.29) is 40.2 Å². The molecule has 0 radical (unpaired) electrons. The summed E-state index contributed by atoms with van der Waals surface area (Å²) in [5, 5.41) is 0. The number of hydrogen-bond acceptors (Lipinski definition) is 2. The van der Waals surface area contributed by atoms with E-state index in [0.29, 0.717) is 0 Å². The van der Waals surface area contributed by atoms with Crippen LogP contribution >= 0.6 is 34.0 Å². The van der Waals surface area contributed by atoms with Crippen LogP contribution in [0.15, 0.2) is 0 Å². The SMILES string of the molecule is Br.Br.CC(=O)C=O. The molecule has 0 aliphatic carbocycles. The zero-order valence-electron chi connectivity index (χ0n) is 3.71. The van der Waals surface area contributed by atoms with Crippen LogP contribution in [0.3, 0.4) is 0 Å². The van der Waals surface area contributed by atoms with E-state index in [1.165, 1.54) is 6.92 Å². The normalized spacial score (nSPS) is 4.71. The van der Waals surface area contributed by atoms with Crippen molar-refractivity contribution in [3.05, 3.63) is 0 Å². The molecule has 0 spiro atoms. The smallest absolute Gasteiger partial charge is 0.192 e. The Kier molecular flexibility index (Phi) is 21.4. The number of Topliss-reactive ketones (excluding diaryl/α,β-unsaturated/α-hetero) is 1. The van der Waals surface area contributed by atoms with Gasteiger partial charge in [0.1, 0.15) is 0 Å². The molecule has 0 aromatic rings. The Morgan fingerprint density at radius 2 is 1.57 bits per heavy atom. The van der Waals surface area contributed by atoms with Crippen LogP contribution in [0.2, 0.25) is 0 Å². The number of rotatable bonds is 1. The number of hydrogen-bond donors (Lipinski definition) is 0. The summed E-state index contributed by atoms with van der Waals surface area (Å²) in [4.78, 5) is 18.6. The molecule has 44 valence electrons. The highest BCUT2D eigenvalue weighted by molar-refractivity contribution is 8.93. The molecule has 0 unspecified atom stereocenters. The van der Waals surface area contributed by atoms with Crippen LogP contribution < -0.4 is 0 Å². The van der Waals surface area contributed by atoms with E-state index in [1.807, 2.05) is 0 Å². The van der Waals surface area contributed by atoms with Crippen molar-refractivity contribution >= 4 is 46.0 Å². The lowest BCUT2D eigenvalue weighted by Gasteiger charge is -1.57. The van der Waals surface area contributed by atoms with Gasteiger partial charge < -0.3 is 0 Å². The highest BCUT2D eigenvalue weighted by Gasteiger charge is 1.76. The summed E-state index contributed by atoms with van der Waals surface area (Å²) in [5.41, 5.74) is 0. The zero-order valence-corrected chi connectivity index (χ0v) is 7.14. The summed E-state index contributed by atoms with van der Waals surface area (Å²) < 4.78 is 0. The molecule has 2 nitrogen and oxygen atoms in total. The van der Waals surface area contributed by atoms with E-state index in [9.17, 15) is 4.79 Å². The Morgan fingerprint density at radius 1 is 1.43 bits per heavy atom. The van der Waals surface area contributed by atoms with E-state index >= 15 is 0 Å². The molecule has 0 saturated carbocycles. The lowest BCUT2D eigenvalue weighted by molar-refractivity contribution is -0.128. The molecule has 0 atom stereocenters. The quantitative estimate of drug-likeness (QED) is 0.499. The van der Waals surface area contributed by atoms with Gasteiger partial charge in [-0.2, -0.15) is 0 Å². The predicted molar refractivity (Wildman–Crippen MR) is 37.4 cm³/mol. The van der Waals surface area contributed by atoms with Gasteiger partial charge in [-0.15, -0.1) is 34.0 Å². The predicted octanol–water partition coefficient (Wildman–Crippen LogP) is 0.930. The molecule has 0 aromatic carbocycles. The Balaban J connectivity index is -0.0000000800. The molecule has 0 rings (SSSR count). The first-order chi connectivity index (χ1) is 2.27. The van der Waals surface area contributed by atoms with E-state index in [0.717, 1.165) is 0 Å². The minimum absolute atomic E-state index is 0. The maximum Gasteiger partial charge on any atom is 0.192 e. The third-order valence-corrected chi connectivity index (χ3v) is 0.166. The largest absolute Gasteiger partial charge is 0.295 e. The number of carbonyl (C=O) groups is 2. The van der Waals surface area contributed by atoms with Crippen molar-refractivity contribution in [1.29, 1.82) is 0 Å². The van der Waals surface area contributed by atoms with Gasteiger partial charge in [0.2, 0.25) is 0 Å². The van der Waals surface area contributed by atoms with E-state index in [4.69, 9.17) is 4.79 Å². The van der Waals surface area contributed by atoms with Crippen LogP contribution in [0.4, 0.5) is 0 Å². The molecule has 0 fully saturated rings. The van der Waals surface area contributed by atoms with Gasteiger partial charge in [0.15, 0.2) is 12.1 Å². The van der Waals surface area contributed by atoms with Crippen LogP contribution in [-0.2, 0) is 9.59 Å². The highest BCUT2D eigenvalue weighted by Crippen LogP contribution is 1.48. The molecule has 0 bridgehead atoms. The molecule has 7 heavy (non-hydrogen) atoms. The fourth-order valence-corrected chi connectivity index (χ4v) is 0. The highest BCUT2D eigenvalue weighted by atomic mass is 79.9. The molecular weight excluding hydrogens is 228 g/mol. The second-order valence-corrected chi connectivity index (χ2v) is 0.729. The number of halogens is 2. The summed E-state index contributed by atoms with van der Waals surface area (Å²) in [6.45, 7) is 1.22. The monoisotopic (exact) mass is 232 g/mol. The maximum absolute atomic E-state index is 9.44. The minimum atomic E-state index is -0.426. The number of carbonyl (C=O) groups excluding carboxylic acids is 2. The van der Waals surface area contributed by atoms with Crippen LogP contribution in [0, 0.1) is 0 Å². The van der Waals surface area contributed by atoms with Crippen molar-refractivity contribution in [3.63, 3.8) is 0 Å². The molecule has 0 aromatic heterocycles. The molecule has 0 heterocycles. The molecule has 0 aliphatic heterocycles. The van der Waals surface area contributed by atoms with Crippen molar-refractivity contribution in [3.8, 4) is 0 Å². The fourth-order valence-electron chi connectivity index (χ4n) is 0. The summed E-state index contributed by atoms with van der Waals surface area (Å²) in [6, 6.07) is 0. The first kappa shape index (κ1) is 15.7. The molecule has 0 N–H and O–H groups in total. The van der Waals surface area contributed by atoms with Gasteiger partial charge in [-0.3, -0.25) is 9.59 Å². The average Bonchev–Trinajstić information content (AvgIpc) is 1.38. The Morgan fingerprint density at radius 3 is 1.57 bits per heavy atom. The van der Waals surface area contributed by atoms with E-state index in [1.54, 1.807) is 0 Å². The molecule has 4 heteroatoms. The van der Waals surface area contributed by atoms with Gasteiger partial charge in [-0.1, -0.05) is 0 Å². The van der Waals surface area contributed by atoms with Gasteiger partial charge in [0, 0.05) is 6.92 Å². The fraction of sp³-hybridized carbons (Fsp3) is 0.333. The maximum atomic E-state index is 9.44. The number of aldehydes is 1. The van der Waals surface area contributed by atoms with Gasteiger partial charge in [-0.25, -0.2) is 0 Å². The van der Waals surface area contributed by atoms with Gasteiger partial charge in [0.25, 0.3) is 0 Å². The van der Waals surface area contributed by atoms with Crippen molar-refractivity contribution < 1.29 is 9.59 Å². The third kappa shape index (κ3) is 22.0. The first-order valence-electron chi connectivity index (χ1n) is 1.23. The van der Waals surface area contributed by atoms with Gasteiger partial charge >= 0.3 is 0 Å². The lowest BCUT2D eigenvalue weighted by Crippen LogP contribution is -1.85. The Bertz CT molecular complexity index is 62.0.